The summed E-state index contributed by atoms with van der Waals surface area (Å²) < 4.78 is 30.7. The molecule has 0 bridgehead atoms. The number of rotatable bonds is 7. The average Bonchev–Trinajstić information content (AvgIpc) is 3.53. The molecule has 44 heavy (non-hydrogen) atoms. The molecule has 4 saturated heterocycles. The van der Waals surface area contributed by atoms with Gasteiger partial charge in [0.1, 0.15) is 30.2 Å². The van der Waals surface area contributed by atoms with Gasteiger partial charge in [0.25, 0.3) is 0 Å². The number of ether oxygens (including phenoxy) is 4. The van der Waals surface area contributed by atoms with E-state index in [4.69, 9.17) is 23.4 Å². The molecule has 4 aliphatic heterocycles. The van der Waals surface area contributed by atoms with Gasteiger partial charge in [0.05, 0.1) is 43.0 Å². The van der Waals surface area contributed by atoms with Crippen molar-refractivity contribution in [2.75, 3.05) is 13.2 Å². The summed E-state index contributed by atoms with van der Waals surface area (Å²) in [6.45, 7) is 9.18. The van der Waals surface area contributed by atoms with E-state index >= 15 is 0 Å². The lowest BCUT2D eigenvalue weighted by Gasteiger charge is -2.66. The van der Waals surface area contributed by atoms with Crippen LogP contribution in [0.2, 0.25) is 0 Å². The summed E-state index contributed by atoms with van der Waals surface area (Å²) >= 11 is 0. The lowest BCUT2D eigenvalue weighted by Crippen LogP contribution is -2.76. The maximum absolute atomic E-state index is 14.4. The van der Waals surface area contributed by atoms with E-state index in [9.17, 15) is 29.7 Å². The van der Waals surface area contributed by atoms with Crippen LogP contribution in [0.25, 0.3) is 0 Å². The van der Waals surface area contributed by atoms with Crippen molar-refractivity contribution in [3.8, 4) is 0 Å². The third-order valence-electron chi connectivity index (χ3n) is 12.8. The van der Waals surface area contributed by atoms with E-state index in [-0.39, 0.29) is 43.2 Å². The number of epoxide rings is 1. The molecule has 5 heterocycles. The van der Waals surface area contributed by atoms with Crippen LogP contribution in [0.15, 0.2) is 16.7 Å². The van der Waals surface area contributed by atoms with Crippen LogP contribution < -0.4 is 0 Å². The van der Waals surface area contributed by atoms with Gasteiger partial charge in [0, 0.05) is 28.2 Å². The first kappa shape index (κ1) is 30.3. The normalized spacial score (nSPS) is 46.4. The van der Waals surface area contributed by atoms with Gasteiger partial charge in [-0.3, -0.25) is 9.59 Å². The van der Waals surface area contributed by atoms with Crippen molar-refractivity contribution in [3.05, 3.63) is 23.7 Å². The van der Waals surface area contributed by atoms with Crippen LogP contribution in [0.1, 0.15) is 84.2 Å². The first-order valence-corrected chi connectivity index (χ1v) is 16.0. The van der Waals surface area contributed by atoms with Crippen LogP contribution in [0, 0.1) is 34.0 Å². The minimum Gasteiger partial charge on any atom is -0.469 e. The highest BCUT2D eigenvalue weighted by Gasteiger charge is 2.90. The number of carbonyl (C=O) groups is 3. The van der Waals surface area contributed by atoms with Gasteiger partial charge in [-0.2, -0.15) is 0 Å². The van der Waals surface area contributed by atoms with E-state index in [1.165, 1.54) is 6.26 Å². The molecule has 7 rings (SSSR count). The first-order chi connectivity index (χ1) is 20.7. The van der Waals surface area contributed by atoms with Crippen LogP contribution in [0.5, 0.6) is 0 Å². The van der Waals surface area contributed by atoms with Crippen LogP contribution in [0.4, 0.5) is 0 Å². The number of ketones is 1. The molecule has 12 atom stereocenters. The van der Waals surface area contributed by atoms with Gasteiger partial charge in [-0.1, -0.05) is 27.2 Å². The molecule has 242 valence electrons. The highest BCUT2D eigenvalue weighted by molar-refractivity contribution is 5.92. The highest BCUT2D eigenvalue weighted by atomic mass is 16.7. The Kier molecular flexibility index (Phi) is 6.63. The lowest BCUT2D eigenvalue weighted by molar-refractivity contribution is -0.252. The minimum absolute atomic E-state index is 0.00648. The van der Waals surface area contributed by atoms with E-state index in [1.807, 2.05) is 34.6 Å². The maximum atomic E-state index is 14.4. The van der Waals surface area contributed by atoms with Crippen LogP contribution in [0.3, 0.4) is 0 Å². The molecule has 11 heteroatoms. The van der Waals surface area contributed by atoms with Gasteiger partial charge in [-0.15, -0.1) is 0 Å². The van der Waals surface area contributed by atoms with Gasteiger partial charge < -0.3 is 38.7 Å². The standard InChI is InChI=1S/C33H44O11/c1-6-7-16(18(35)14-34)12-19-17(9-11-40-19)26-30(4)10-8-20-31(5,33(30)27(44-33)28(39)42-26)25(38)23(37)24-29(2,3)43-21-13-22(36)41-15-32(20,21)24/h9,11,16,18,20-21,24-27,34-35,38H,6-8,10,12-15H2,1-5H3/t16-,18-,20+,21+,24-,25-,26+,27-,30+,31+,32+,33-/m1/s1. The van der Waals surface area contributed by atoms with Gasteiger partial charge >= 0.3 is 11.9 Å². The van der Waals surface area contributed by atoms with E-state index in [1.54, 1.807) is 6.07 Å². The third kappa shape index (κ3) is 3.48. The van der Waals surface area contributed by atoms with E-state index < -0.39 is 69.9 Å². The zero-order valence-electron chi connectivity index (χ0n) is 26.0. The number of furan rings is 1. The Morgan fingerprint density at radius 2 is 1.84 bits per heavy atom. The van der Waals surface area contributed by atoms with Crippen molar-refractivity contribution in [2.45, 2.75) is 115 Å². The van der Waals surface area contributed by atoms with Crippen LogP contribution in [-0.2, 0) is 39.8 Å². The Labute approximate surface area is 256 Å². The Morgan fingerprint density at radius 3 is 2.55 bits per heavy atom. The topological polar surface area (TPSA) is 165 Å². The predicted molar refractivity (Wildman–Crippen MR) is 151 cm³/mol. The van der Waals surface area contributed by atoms with Gasteiger partial charge in [-0.25, -0.2) is 4.79 Å². The molecule has 1 aromatic rings. The molecule has 1 aromatic heterocycles. The van der Waals surface area contributed by atoms with Crippen molar-refractivity contribution in [1.82, 2.24) is 0 Å². The van der Waals surface area contributed by atoms with Gasteiger partial charge in [0.15, 0.2) is 11.9 Å². The number of aliphatic hydroxyl groups excluding tert-OH is 3. The summed E-state index contributed by atoms with van der Waals surface area (Å²) in [6, 6.07) is 1.78. The number of Topliss-reactive ketones (excluding diaryl/α,β-unsaturated/α-hetero) is 1. The molecule has 3 N–H and O–H groups in total. The van der Waals surface area contributed by atoms with Crippen LogP contribution >= 0.6 is 0 Å². The second kappa shape index (κ2) is 9.61. The summed E-state index contributed by atoms with van der Waals surface area (Å²) in [5.41, 5.74) is -4.45. The van der Waals surface area contributed by atoms with E-state index in [0.29, 0.717) is 37.0 Å². The number of hydrogen-bond acceptors (Lipinski definition) is 11. The second-order valence-electron chi connectivity index (χ2n) is 15.1. The highest BCUT2D eigenvalue weighted by Crippen LogP contribution is 2.80. The van der Waals surface area contributed by atoms with Crippen molar-refractivity contribution in [1.29, 1.82) is 0 Å². The molecule has 0 radical (unpaired) electrons. The second-order valence-corrected chi connectivity index (χ2v) is 15.1. The molecule has 6 aliphatic rings. The maximum Gasteiger partial charge on any atom is 0.339 e. The van der Waals surface area contributed by atoms with Gasteiger partial charge in [-0.05, 0) is 51.0 Å². The number of cyclic esters (lactones) is 2. The smallest absolute Gasteiger partial charge is 0.339 e. The molecule has 2 aliphatic carbocycles. The molecule has 0 amide bonds. The molecular formula is C33H44O11. The Morgan fingerprint density at radius 1 is 1.09 bits per heavy atom. The Hall–Kier alpha value is -2.31. The largest absolute Gasteiger partial charge is 0.469 e. The minimum atomic E-state index is -1.45. The summed E-state index contributed by atoms with van der Waals surface area (Å²) in [6.07, 6.45) is -0.248. The number of fused-ring (bicyclic) bond motifs is 1. The third-order valence-corrected chi connectivity index (χ3v) is 12.8. The summed E-state index contributed by atoms with van der Waals surface area (Å²) in [4.78, 5) is 40.5. The molecule has 11 nitrogen and oxygen atoms in total. The van der Waals surface area contributed by atoms with Gasteiger partial charge in [0.2, 0.25) is 0 Å². The van der Waals surface area contributed by atoms with Crippen molar-refractivity contribution >= 4 is 17.7 Å². The number of esters is 2. The van der Waals surface area contributed by atoms with Crippen LogP contribution in [-0.4, -0.2) is 81.9 Å². The predicted octanol–water partition coefficient (Wildman–Crippen LogP) is 2.42. The SMILES string of the molecule is CCC[C@H](Cc1occc1[C@@H]1OC(=O)[C@H]2O[C@]23[C@]2(C)[C@H](O)C(=O)[C@@H]4C(C)(C)O[C@H]5CC(=O)OC[C@]54[C@H]2CC[C@@]13C)[C@H](O)CO. The number of aliphatic hydroxyl groups is 3. The molecular weight excluding hydrogens is 572 g/mol. The van der Waals surface area contributed by atoms with Crippen molar-refractivity contribution in [3.63, 3.8) is 0 Å². The molecule has 0 aromatic carbocycles. The molecule has 0 unspecified atom stereocenters. The summed E-state index contributed by atoms with van der Waals surface area (Å²) in [7, 11) is 0. The lowest BCUT2D eigenvalue weighted by atomic mass is 9.36. The zero-order valence-corrected chi connectivity index (χ0v) is 26.0. The Bertz CT molecular complexity index is 1390. The summed E-state index contributed by atoms with van der Waals surface area (Å²) in [5.74, 6) is -2.06. The fourth-order valence-corrected chi connectivity index (χ4v) is 11.0. The number of carbonyl (C=O) groups excluding carboxylic acids is 3. The molecule has 6 fully saturated rings. The van der Waals surface area contributed by atoms with Crippen molar-refractivity contribution in [2.24, 2.45) is 34.0 Å². The van der Waals surface area contributed by atoms with E-state index in [2.05, 4.69) is 0 Å². The Balaban J connectivity index is 1.33. The van der Waals surface area contributed by atoms with E-state index in [0.717, 1.165) is 6.42 Å². The first-order valence-electron chi connectivity index (χ1n) is 16.0. The monoisotopic (exact) mass is 616 g/mol. The molecule has 2 spiro atoms. The fraction of sp³-hybridized carbons (Fsp3) is 0.788. The summed E-state index contributed by atoms with van der Waals surface area (Å²) in [5, 5.41) is 32.3. The fourth-order valence-electron chi connectivity index (χ4n) is 11.0. The zero-order chi connectivity index (χ0) is 31.6. The number of hydrogen-bond donors (Lipinski definition) is 3. The quantitative estimate of drug-likeness (QED) is 0.304. The van der Waals surface area contributed by atoms with Crippen molar-refractivity contribution < 1.29 is 53.1 Å². The molecule has 2 saturated carbocycles. The average molecular weight is 617 g/mol.